The Balaban J connectivity index is 2.07. The van der Waals surface area contributed by atoms with Gasteiger partial charge in [-0.2, -0.15) is 14.0 Å². The highest BCUT2D eigenvalue weighted by molar-refractivity contribution is 5.81. The number of aliphatic imine (C=N–C) groups is 1. The number of rotatable bonds is 11. The first-order valence-corrected chi connectivity index (χ1v) is 9.79. The summed E-state index contributed by atoms with van der Waals surface area (Å²) >= 11 is 0. The van der Waals surface area contributed by atoms with Gasteiger partial charge in [0.25, 0.3) is 0 Å². The first-order valence-electron chi connectivity index (χ1n) is 9.79. The Morgan fingerprint density at radius 2 is 2.10 bits per heavy atom. The SMILES string of the molecule is COC(CN=C(NC#N)NCC(C)c1ccc(OC(F)F)c(OC2CCOC2)c1)OC. The molecule has 172 valence electrons. The van der Waals surface area contributed by atoms with Gasteiger partial charge in [-0.05, 0) is 23.6 Å². The quantitative estimate of drug-likeness (QED) is 0.177. The minimum atomic E-state index is -2.95. The topological polar surface area (TPSA) is 106 Å². The van der Waals surface area contributed by atoms with Gasteiger partial charge in [0.2, 0.25) is 5.96 Å². The number of nitrogens with zero attached hydrogens (tertiary/aromatic N) is 2. The number of ether oxygens (including phenoxy) is 5. The van der Waals surface area contributed by atoms with Gasteiger partial charge in [-0.25, -0.2) is 4.99 Å². The van der Waals surface area contributed by atoms with Crippen LogP contribution in [0.3, 0.4) is 0 Å². The van der Waals surface area contributed by atoms with Gasteiger partial charge in [-0.15, -0.1) is 0 Å². The monoisotopic (exact) mass is 442 g/mol. The summed E-state index contributed by atoms with van der Waals surface area (Å²) in [5.74, 6) is 0.427. The molecule has 0 amide bonds. The molecular weight excluding hydrogens is 414 g/mol. The average molecular weight is 442 g/mol. The van der Waals surface area contributed by atoms with Gasteiger partial charge < -0.3 is 29.0 Å². The number of benzene rings is 1. The number of guanidine groups is 1. The van der Waals surface area contributed by atoms with Crippen molar-refractivity contribution in [3.63, 3.8) is 0 Å². The van der Waals surface area contributed by atoms with Crippen molar-refractivity contribution in [3.8, 4) is 17.7 Å². The van der Waals surface area contributed by atoms with Crippen molar-refractivity contribution in [2.24, 2.45) is 4.99 Å². The first-order chi connectivity index (χ1) is 15.0. The van der Waals surface area contributed by atoms with Crippen LogP contribution in [-0.4, -0.2) is 65.5 Å². The molecule has 1 aliphatic heterocycles. The summed E-state index contributed by atoms with van der Waals surface area (Å²) in [4.78, 5) is 4.23. The highest BCUT2D eigenvalue weighted by atomic mass is 19.3. The Bertz CT molecular complexity index is 750. The van der Waals surface area contributed by atoms with Crippen LogP contribution in [0.5, 0.6) is 11.5 Å². The Labute approximate surface area is 180 Å². The van der Waals surface area contributed by atoms with E-state index in [2.05, 4.69) is 20.4 Å². The molecule has 1 saturated heterocycles. The van der Waals surface area contributed by atoms with Gasteiger partial charge in [-0.1, -0.05) is 13.0 Å². The van der Waals surface area contributed by atoms with Crippen molar-refractivity contribution < 1.29 is 32.5 Å². The summed E-state index contributed by atoms with van der Waals surface area (Å²) in [6.45, 7) is 0.565. The van der Waals surface area contributed by atoms with Gasteiger partial charge in [-0.3, -0.25) is 5.32 Å². The lowest BCUT2D eigenvalue weighted by atomic mass is 10.0. The number of hydrogen-bond donors (Lipinski definition) is 2. The zero-order valence-electron chi connectivity index (χ0n) is 17.8. The first kappa shape index (κ1) is 24.6. The van der Waals surface area contributed by atoms with Crippen molar-refractivity contribution in [3.05, 3.63) is 23.8 Å². The summed E-state index contributed by atoms with van der Waals surface area (Å²) in [6.07, 6.45) is 1.76. The summed E-state index contributed by atoms with van der Waals surface area (Å²) in [7, 11) is 2.99. The highest BCUT2D eigenvalue weighted by Gasteiger charge is 2.21. The van der Waals surface area contributed by atoms with Crippen LogP contribution in [0.1, 0.15) is 24.8 Å². The van der Waals surface area contributed by atoms with Crippen molar-refractivity contribution in [2.45, 2.75) is 38.3 Å². The van der Waals surface area contributed by atoms with E-state index >= 15 is 0 Å². The van der Waals surface area contributed by atoms with E-state index in [0.29, 0.717) is 26.2 Å². The molecule has 0 radical (unpaired) electrons. The van der Waals surface area contributed by atoms with Crippen LogP contribution in [-0.2, 0) is 14.2 Å². The molecule has 2 N–H and O–H groups in total. The second-order valence-corrected chi connectivity index (χ2v) is 6.80. The van der Waals surface area contributed by atoms with E-state index in [9.17, 15) is 8.78 Å². The molecule has 2 atom stereocenters. The zero-order chi connectivity index (χ0) is 22.6. The second kappa shape index (κ2) is 12.9. The smallest absolute Gasteiger partial charge is 0.387 e. The minimum Gasteiger partial charge on any atom is -0.484 e. The maximum atomic E-state index is 12.8. The Morgan fingerprint density at radius 3 is 2.71 bits per heavy atom. The Hall–Kier alpha value is -2.68. The Kier molecular flexibility index (Phi) is 10.2. The van der Waals surface area contributed by atoms with Gasteiger partial charge in [0.05, 0.1) is 19.8 Å². The van der Waals surface area contributed by atoms with Crippen LogP contribution in [0.2, 0.25) is 0 Å². The van der Waals surface area contributed by atoms with Gasteiger partial charge in [0.15, 0.2) is 24.0 Å². The molecule has 0 aliphatic carbocycles. The van der Waals surface area contributed by atoms with Crippen molar-refractivity contribution in [1.82, 2.24) is 10.6 Å². The number of nitrogens with one attached hydrogen (secondary N) is 2. The van der Waals surface area contributed by atoms with E-state index in [4.69, 9.17) is 24.2 Å². The summed E-state index contributed by atoms with van der Waals surface area (Å²) in [5.41, 5.74) is 0.839. The third kappa shape index (κ3) is 8.16. The molecule has 0 spiro atoms. The van der Waals surface area contributed by atoms with Crippen LogP contribution in [0.25, 0.3) is 0 Å². The molecule has 11 heteroatoms. The predicted octanol–water partition coefficient (Wildman–Crippen LogP) is 2.19. The lowest BCUT2D eigenvalue weighted by Gasteiger charge is -2.20. The van der Waals surface area contributed by atoms with E-state index < -0.39 is 12.9 Å². The Morgan fingerprint density at radius 1 is 1.32 bits per heavy atom. The molecule has 1 fully saturated rings. The lowest BCUT2D eigenvalue weighted by molar-refractivity contribution is -0.0937. The summed E-state index contributed by atoms with van der Waals surface area (Å²) in [6, 6.07) is 4.85. The molecular formula is C20H28F2N4O5. The average Bonchev–Trinajstić information content (AvgIpc) is 3.26. The molecule has 9 nitrogen and oxygen atoms in total. The van der Waals surface area contributed by atoms with E-state index in [-0.39, 0.29) is 36.0 Å². The van der Waals surface area contributed by atoms with Gasteiger partial charge in [0.1, 0.15) is 6.10 Å². The van der Waals surface area contributed by atoms with Crippen molar-refractivity contribution >= 4 is 5.96 Å². The molecule has 0 saturated carbocycles. The molecule has 0 bridgehead atoms. The number of halogens is 2. The van der Waals surface area contributed by atoms with E-state index in [1.54, 1.807) is 12.1 Å². The molecule has 1 aromatic carbocycles. The maximum Gasteiger partial charge on any atom is 0.387 e. The van der Waals surface area contributed by atoms with Crippen molar-refractivity contribution in [2.75, 3.05) is 40.5 Å². The highest BCUT2D eigenvalue weighted by Crippen LogP contribution is 2.33. The molecule has 2 rings (SSSR count). The van der Waals surface area contributed by atoms with Crippen LogP contribution < -0.4 is 20.1 Å². The molecule has 1 heterocycles. The van der Waals surface area contributed by atoms with Gasteiger partial charge >= 0.3 is 6.61 Å². The molecule has 1 aromatic rings. The molecule has 0 aromatic heterocycles. The fraction of sp³-hybridized carbons (Fsp3) is 0.600. The van der Waals surface area contributed by atoms with Crippen LogP contribution in [0.15, 0.2) is 23.2 Å². The number of hydrogen-bond acceptors (Lipinski definition) is 7. The molecule has 1 aliphatic rings. The predicted molar refractivity (Wildman–Crippen MR) is 108 cm³/mol. The van der Waals surface area contributed by atoms with Crippen LogP contribution >= 0.6 is 0 Å². The maximum absolute atomic E-state index is 12.8. The fourth-order valence-electron chi connectivity index (χ4n) is 2.87. The van der Waals surface area contributed by atoms with E-state index in [0.717, 1.165) is 5.56 Å². The van der Waals surface area contributed by atoms with Crippen LogP contribution in [0.4, 0.5) is 8.78 Å². The van der Waals surface area contributed by atoms with E-state index in [1.807, 2.05) is 13.1 Å². The third-order valence-corrected chi connectivity index (χ3v) is 4.61. The molecule has 2 unspecified atom stereocenters. The summed E-state index contributed by atoms with van der Waals surface area (Å²) < 4.78 is 51.4. The zero-order valence-corrected chi connectivity index (χ0v) is 17.8. The largest absolute Gasteiger partial charge is 0.484 e. The molecule has 31 heavy (non-hydrogen) atoms. The van der Waals surface area contributed by atoms with E-state index in [1.165, 1.54) is 20.3 Å². The second-order valence-electron chi connectivity index (χ2n) is 6.80. The van der Waals surface area contributed by atoms with Crippen molar-refractivity contribution in [1.29, 1.82) is 5.26 Å². The van der Waals surface area contributed by atoms with Gasteiger partial charge in [0, 0.05) is 27.2 Å². The number of methoxy groups -OCH3 is 2. The third-order valence-electron chi connectivity index (χ3n) is 4.61. The van der Waals surface area contributed by atoms with Crippen LogP contribution in [0, 0.1) is 11.5 Å². The standard InChI is InChI=1S/C20H28F2N4O5/c1-13(9-24-20(26-12-23)25-10-18(27-2)28-3)14-4-5-16(31-19(21)22)17(8-14)30-15-6-7-29-11-15/h4-5,8,13,15,18-19H,6-7,9-11H2,1-3H3,(H2,24,25,26). The number of nitriles is 1. The normalized spacial score (nSPS) is 17.5. The lowest BCUT2D eigenvalue weighted by Crippen LogP contribution is -2.37. The number of alkyl halides is 2. The minimum absolute atomic E-state index is 0.0237. The fourth-order valence-corrected chi connectivity index (χ4v) is 2.87. The summed E-state index contributed by atoms with van der Waals surface area (Å²) in [5, 5.41) is 14.5.